The minimum Gasteiger partial charge on any atom is -0.478 e. The van der Waals surface area contributed by atoms with E-state index in [0.29, 0.717) is 12.8 Å². The Hall–Kier alpha value is -3.79. The Balaban J connectivity index is -0.000000523. The number of carbonyl (C=O) groups is 3. The molecule has 0 aromatic heterocycles. The minimum atomic E-state index is -0.935. The van der Waals surface area contributed by atoms with Gasteiger partial charge in [0.15, 0.2) is 0 Å². The number of aliphatic hydroxyl groups excluding tert-OH is 3. The number of hydrogen-bond donors (Lipinski definition) is 6. The van der Waals surface area contributed by atoms with Crippen LogP contribution in [0.3, 0.4) is 0 Å². The van der Waals surface area contributed by atoms with Crippen LogP contribution in [0.5, 0.6) is 0 Å². The molecule has 9 nitrogen and oxygen atoms in total. The number of carboxylic acid groups (broad SMARTS) is 3. The molecule has 0 heterocycles. The summed E-state index contributed by atoms with van der Waals surface area (Å²) in [5, 5.41) is 51.5. The third kappa shape index (κ3) is 18.2. The first kappa shape index (κ1) is 37.8. The molecule has 0 spiro atoms. The number of aliphatic carboxylic acids is 3. The first-order valence-corrected chi connectivity index (χ1v) is 10.9. The highest BCUT2D eigenvalue weighted by Crippen LogP contribution is 2.24. The molecule has 0 atom stereocenters. The van der Waals surface area contributed by atoms with E-state index in [9.17, 15) is 29.7 Å². The van der Waals surface area contributed by atoms with Gasteiger partial charge in [0.25, 0.3) is 0 Å². The molecule has 37 heavy (non-hydrogen) atoms. The van der Waals surface area contributed by atoms with Crippen molar-refractivity contribution in [1.29, 1.82) is 0 Å². The van der Waals surface area contributed by atoms with E-state index >= 15 is 0 Å². The molecule has 206 valence electrons. The summed E-state index contributed by atoms with van der Waals surface area (Å²) < 4.78 is 0. The number of carboxylic acids is 3. The van der Waals surface area contributed by atoms with Crippen LogP contribution >= 0.6 is 0 Å². The standard InChI is InChI=1S/C16H22O3.3C4H6O2/c1-3-14-6-5-13(9-15(14)4-2)7-8-16(10-17,11-18)12-19;3*1-3(2)4(5)6/h3-6,9,17-19H,1-2,7-8,10-12H2;3*1H2,2H3,(H,5,6). The Morgan fingerprint density at radius 2 is 1.05 bits per heavy atom. The summed E-state index contributed by atoms with van der Waals surface area (Å²) >= 11 is 0. The quantitative estimate of drug-likeness (QED) is 0.237. The fraction of sp³-hybridized carbons (Fsp3) is 0.321. The van der Waals surface area contributed by atoms with Gasteiger partial charge in [-0.2, -0.15) is 0 Å². The average Bonchev–Trinajstić information content (AvgIpc) is 2.86. The third-order valence-electron chi connectivity index (χ3n) is 4.64. The number of hydrogen-bond acceptors (Lipinski definition) is 6. The van der Waals surface area contributed by atoms with E-state index in [1.54, 1.807) is 12.2 Å². The van der Waals surface area contributed by atoms with Crippen molar-refractivity contribution in [2.45, 2.75) is 33.6 Å². The molecular weight excluding hydrogens is 480 g/mol. The summed E-state index contributed by atoms with van der Waals surface area (Å²) in [6, 6.07) is 5.97. The molecular formula is C28H40O9. The van der Waals surface area contributed by atoms with Crippen molar-refractivity contribution in [2.75, 3.05) is 19.8 Å². The Bertz CT molecular complexity index is 853. The van der Waals surface area contributed by atoms with Crippen LogP contribution in [0.25, 0.3) is 12.2 Å². The van der Waals surface area contributed by atoms with Crippen molar-refractivity contribution >= 4 is 30.1 Å². The second-order valence-electron chi connectivity index (χ2n) is 8.10. The highest BCUT2D eigenvalue weighted by Gasteiger charge is 2.27. The van der Waals surface area contributed by atoms with E-state index in [0.717, 1.165) is 16.7 Å². The fourth-order valence-corrected chi connectivity index (χ4v) is 1.94. The predicted molar refractivity (Wildman–Crippen MR) is 146 cm³/mol. The maximum absolute atomic E-state index is 9.60. The van der Waals surface area contributed by atoms with E-state index < -0.39 is 23.3 Å². The van der Waals surface area contributed by atoms with Crippen LogP contribution in [0, 0.1) is 5.41 Å². The smallest absolute Gasteiger partial charge is 0.330 e. The molecule has 0 unspecified atom stereocenters. The molecule has 0 radical (unpaired) electrons. The third-order valence-corrected chi connectivity index (χ3v) is 4.64. The van der Waals surface area contributed by atoms with E-state index in [1.807, 2.05) is 18.2 Å². The maximum atomic E-state index is 9.60. The van der Waals surface area contributed by atoms with Crippen LogP contribution in [-0.2, 0) is 20.8 Å². The molecule has 0 aliphatic rings. The van der Waals surface area contributed by atoms with E-state index in [2.05, 4.69) is 32.9 Å². The normalized spacial score (nSPS) is 9.46. The van der Waals surface area contributed by atoms with Gasteiger partial charge in [-0.1, -0.05) is 63.2 Å². The molecule has 1 aromatic rings. The van der Waals surface area contributed by atoms with Crippen molar-refractivity contribution in [1.82, 2.24) is 0 Å². The van der Waals surface area contributed by atoms with Crippen molar-refractivity contribution in [3.8, 4) is 0 Å². The lowest BCUT2D eigenvalue weighted by molar-refractivity contribution is -0.133. The van der Waals surface area contributed by atoms with Gasteiger partial charge in [0, 0.05) is 22.1 Å². The van der Waals surface area contributed by atoms with Crippen LogP contribution in [-0.4, -0.2) is 68.4 Å². The van der Waals surface area contributed by atoms with E-state index in [1.165, 1.54) is 20.8 Å². The first-order chi connectivity index (χ1) is 17.1. The first-order valence-electron chi connectivity index (χ1n) is 10.9. The van der Waals surface area contributed by atoms with Crippen molar-refractivity contribution in [3.05, 3.63) is 84.5 Å². The van der Waals surface area contributed by atoms with E-state index in [4.69, 9.17) is 15.3 Å². The molecule has 1 rings (SSSR count). The molecule has 6 N–H and O–H groups in total. The molecule has 0 fully saturated rings. The zero-order valence-electron chi connectivity index (χ0n) is 21.9. The Morgan fingerprint density at radius 3 is 1.30 bits per heavy atom. The molecule has 0 bridgehead atoms. The number of benzene rings is 1. The number of aryl methyl sites for hydroxylation is 1. The predicted octanol–water partition coefficient (Wildman–Crippen LogP) is 3.81. The lowest BCUT2D eigenvalue weighted by Gasteiger charge is -2.27. The maximum Gasteiger partial charge on any atom is 0.330 e. The van der Waals surface area contributed by atoms with Crippen molar-refractivity contribution < 1.29 is 45.0 Å². The van der Waals surface area contributed by atoms with Gasteiger partial charge in [-0.15, -0.1) is 0 Å². The number of aliphatic hydroxyl groups is 3. The van der Waals surface area contributed by atoms with Gasteiger partial charge in [-0.3, -0.25) is 0 Å². The largest absolute Gasteiger partial charge is 0.478 e. The average molecular weight is 521 g/mol. The van der Waals surface area contributed by atoms with Crippen molar-refractivity contribution in [3.63, 3.8) is 0 Å². The summed E-state index contributed by atoms with van der Waals surface area (Å²) in [5.74, 6) is -2.81. The van der Waals surface area contributed by atoms with Crippen LogP contribution in [0.1, 0.15) is 43.9 Å². The molecule has 0 saturated carbocycles. The van der Waals surface area contributed by atoms with E-state index in [-0.39, 0.29) is 36.5 Å². The summed E-state index contributed by atoms with van der Waals surface area (Å²) in [4.78, 5) is 28.8. The summed E-state index contributed by atoms with van der Waals surface area (Å²) in [7, 11) is 0. The van der Waals surface area contributed by atoms with Gasteiger partial charge in [-0.05, 0) is 50.3 Å². The number of rotatable bonds is 11. The Labute approximate surface area is 218 Å². The van der Waals surface area contributed by atoms with Gasteiger partial charge in [0.2, 0.25) is 0 Å². The van der Waals surface area contributed by atoms with Gasteiger partial charge in [0.1, 0.15) is 0 Å². The highest BCUT2D eigenvalue weighted by molar-refractivity contribution is 5.85. The lowest BCUT2D eigenvalue weighted by Crippen LogP contribution is -2.34. The monoisotopic (exact) mass is 520 g/mol. The molecule has 9 heteroatoms. The molecule has 0 aliphatic heterocycles. The Kier molecular flexibility index (Phi) is 20.8. The summed E-state index contributed by atoms with van der Waals surface area (Å²) in [6.07, 6.45) is 4.76. The Morgan fingerprint density at radius 1 is 0.730 bits per heavy atom. The van der Waals surface area contributed by atoms with Crippen LogP contribution in [0.15, 0.2) is 67.8 Å². The molecule has 0 aliphatic carbocycles. The van der Waals surface area contributed by atoms with Crippen LogP contribution in [0.4, 0.5) is 0 Å². The second-order valence-corrected chi connectivity index (χ2v) is 8.10. The van der Waals surface area contributed by atoms with Crippen LogP contribution < -0.4 is 0 Å². The lowest BCUT2D eigenvalue weighted by atomic mass is 9.84. The minimum absolute atomic E-state index is 0.176. The fourth-order valence-electron chi connectivity index (χ4n) is 1.94. The van der Waals surface area contributed by atoms with Gasteiger partial charge >= 0.3 is 17.9 Å². The van der Waals surface area contributed by atoms with Crippen molar-refractivity contribution in [2.24, 2.45) is 5.41 Å². The van der Waals surface area contributed by atoms with Crippen LogP contribution in [0.2, 0.25) is 0 Å². The molecule has 0 saturated heterocycles. The zero-order chi connectivity index (χ0) is 29.8. The zero-order valence-corrected chi connectivity index (χ0v) is 21.9. The topological polar surface area (TPSA) is 173 Å². The highest BCUT2D eigenvalue weighted by atomic mass is 16.4. The van der Waals surface area contributed by atoms with Gasteiger partial charge < -0.3 is 30.6 Å². The van der Waals surface area contributed by atoms with Gasteiger partial charge in [-0.25, -0.2) is 14.4 Å². The SMILES string of the molecule is C=C(C)C(=O)O.C=C(C)C(=O)O.C=C(C)C(=O)O.C=Cc1ccc(CCC(CO)(CO)CO)cc1C=C. The molecule has 1 aromatic carbocycles. The second kappa shape index (κ2) is 20.4. The van der Waals surface area contributed by atoms with Gasteiger partial charge in [0.05, 0.1) is 19.8 Å². The summed E-state index contributed by atoms with van der Waals surface area (Å²) in [6.45, 7) is 20.7. The molecule has 0 amide bonds. The summed E-state index contributed by atoms with van der Waals surface area (Å²) in [5.41, 5.74) is 2.83.